The third kappa shape index (κ3) is 17.0. The SMILES string of the molecule is CCCCCCCCCCCCc1ccc(Nc2cc(C)c(N)c3c2C(=O)c2ccccc2C3=O)c(C)c1.Cc1ccc(Nc2cc(Br)c(N)c3c2C(=O)c2ccccc2C3=O)c(C)c1.Cc1ccc(Nc2cc(Br)c(N)c3c2C(=O)c2ccccc2C3=O)cc1.Cc1ccc(Nc2cc(C)c(N)c3c2C(=O)c2ccccc2C3=O)c(C)c1. The highest BCUT2D eigenvalue weighted by Crippen LogP contribution is 2.45. The van der Waals surface area contributed by atoms with E-state index in [9.17, 15) is 38.4 Å². The van der Waals surface area contributed by atoms with Gasteiger partial charge in [0.1, 0.15) is 0 Å². The predicted octanol–water partition coefficient (Wildman–Crippen LogP) is 23.6. The zero-order valence-corrected chi connectivity index (χ0v) is 70.8. The van der Waals surface area contributed by atoms with E-state index in [1.165, 1.54) is 69.8 Å². The molecule has 16 nitrogen and oxygen atoms in total. The molecule has 118 heavy (non-hydrogen) atoms. The summed E-state index contributed by atoms with van der Waals surface area (Å²) in [6, 6.07) is 61.1. The summed E-state index contributed by atoms with van der Waals surface area (Å²) in [5.74, 6) is -1.62. The Morgan fingerprint density at radius 1 is 0.254 bits per heavy atom. The van der Waals surface area contributed by atoms with Crippen molar-refractivity contribution >= 4 is 146 Å². The first-order chi connectivity index (χ1) is 56.6. The molecule has 4 aliphatic carbocycles. The number of hydrogen-bond acceptors (Lipinski definition) is 16. The molecule has 12 aromatic rings. The molecule has 0 fully saturated rings. The number of rotatable bonds is 19. The zero-order valence-electron chi connectivity index (χ0n) is 67.7. The van der Waals surface area contributed by atoms with Crippen LogP contribution >= 0.6 is 31.9 Å². The summed E-state index contributed by atoms with van der Waals surface area (Å²) in [7, 11) is 0. The van der Waals surface area contributed by atoms with Gasteiger partial charge in [0.2, 0.25) is 0 Å². The number of anilines is 12. The van der Waals surface area contributed by atoms with Gasteiger partial charge in [-0.2, -0.15) is 0 Å². The van der Waals surface area contributed by atoms with Gasteiger partial charge in [0.25, 0.3) is 0 Å². The van der Waals surface area contributed by atoms with Crippen molar-refractivity contribution in [3.63, 3.8) is 0 Å². The Bertz CT molecular complexity index is 5940. The van der Waals surface area contributed by atoms with Crippen molar-refractivity contribution in [3.8, 4) is 0 Å². The summed E-state index contributed by atoms with van der Waals surface area (Å²) in [5.41, 5.74) is 47.3. The molecule has 0 unspecified atom stereocenters. The third-order valence-electron chi connectivity index (χ3n) is 22.3. The lowest BCUT2D eigenvalue weighted by Gasteiger charge is -2.24. The fourth-order valence-corrected chi connectivity index (χ4v) is 16.7. The Morgan fingerprint density at radius 3 is 0.847 bits per heavy atom. The molecular weight excluding hydrogens is 1600 g/mol. The molecule has 596 valence electrons. The van der Waals surface area contributed by atoms with Crippen LogP contribution in [0.15, 0.2) is 209 Å². The van der Waals surface area contributed by atoms with Crippen LogP contribution in [0.25, 0.3) is 0 Å². The number of carbonyl (C=O) groups is 8. The average Bonchev–Trinajstić information content (AvgIpc) is 0.757. The van der Waals surface area contributed by atoms with Gasteiger partial charge < -0.3 is 44.2 Å². The molecule has 0 radical (unpaired) electrons. The highest BCUT2D eigenvalue weighted by molar-refractivity contribution is 9.11. The topological polar surface area (TPSA) is 289 Å². The molecule has 0 amide bonds. The highest BCUT2D eigenvalue weighted by Gasteiger charge is 2.39. The Labute approximate surface area is 705 Å². The van der Waals surface area contributed by atoms with Gasteiger partial charge >= 0.3 is 0 Å². The number of nitrogen functional groups attached to an aromatic ring is 4. The maximum atomic E-state index is 13.5. The van der Waals surface area contributed by atoms with Crippen LogP contribution in [0, 0.1) is 55.4 Å². The molecule has 12 N–H and O–H groups in total. The van der Waals surface area contributed by atoms with E-state index in [1.54, 1.807) is 109 Å². The van der Waals surface area contributed by atoms with Gasteiger partial charge in [-0.15, -0.1) is 0 Å². The van der Waals surface area contributed by atoms with Crippen molar-refractivity contribution in [1.29, 1.82) is 0 Å². The van der Waals surface area contributed by atoms with E-state index < -0.39 is 0 Å². The summed E-state index contributed by atoms with van der Waals surface area (Å²) < 4.78 is 1.15. The molecule has 0 aromatic heterocycles. The van der Waals surface area contributed by atoms with Crippen LogP contribution in [0.2, 0.25) is 0 Å². The molecule has 4 aliphatic rings. The molecule has 0 heterocycles. The van der Waals surface area contributed by atoms with Crippen molar-refractivity contribution in [3.05, 3.63) is 348 Å². The third-order valence-corrected chi connectivity index (χ3v) is 23.6. The van der Waals surface area contributed by atoms with Gasteiger partial charge in [-0.05, 0) is 188 Å². The second kappa shape index (κ2) is 35.8. The van der Waals surface area contributed by atoms with Crippen molar-refractivity contribution in [2.24, 2.45) is 0 Å². The lowest BCUT2D eigenvalue weighted by atomic mass is 9.81. The molecular formula is C100H94Br2N8O8. The highest BCUT2D eigenvalue weighted by atomic mass is 79.9. The molecule has 12 aromatic carbocycles. The smallest absolute Gasteiger partial charge is 0.196 e. The van der Waals surface area contributed by atoms with Crippen LogP contribution in [0.3, 0.4) is 0 Å². The van der Waals surface area contributed by atoms with Crippen LogP contribution in [-0.2, 0) is 6.42 Å². The molecule has 16 rings (SSSR count). The monoisotopic (exact) mass is 1690 g/mol. The summed E-state index contributed by atoms with van der Waals surface area (Å²) in [5, 5.41) is 13.4. The average molecular weight is 1700 g/mol. The van der Waals surface area contributed by atoms with Gasteiger partial charge in [0.15, 0.2) is 46.3 Å². The summed E-state index contributed by atoms with van der Waals surface area (Å²) >= 11 is 6.84. The number of hydrogen-bond donors (Lipinski definition) is 8. The normalized spacial score (nSPS) is 12.5. The second-order valence-electron chi connectivity index (χ2n) is 30.8. The van der Waals surface area contributed by atoms with Crippen molar-refractivity contribution in [2.45, 2.75) is 133 Å². The van der Waals surface area contributed by atoms with Crippen LogP contribution < -0.4 is 44.2 Å². The quantitative estimate of drug-likeness (QED) is 0.0276. The minimum Gasteiger partial charge on any atom is -0.398 e. The number of aryl methyl sites for hydroxylation is 9. The van der Waals surface area contributed by atoms with Gasteiger partial charge in [-0.1, -0.05) is 227 Å². The minimum atomic E-state index is -0.235. The maximum Gasteiger partial charge on any atom is 0.196 e. The van der Waals surface area contributed by atoms with Crippen LogP contribution in [0.1, 0.15) is 249 Å². The van der Waals surface area contributed by atoms with Crippen molar-refractivity contribution in [1.82, 2.24) is 0 Å². The Balaban J connectivity index is 0.000000138. The van der Waals surface area contributed by atoms with Crippen LogP contribution in [0.5, 0.6) is 0 Å². The number of fused-ring (bicyclic) bond motifs is 8. The Kier molecular flexibility index (Phi) is 25.3. The number of carbonyl (C=O) groups excluding carboxylic acids is 8. The molecule has 0 bridgehead atoms. The van der Waals surface area contributed by atoms with Crippen molar-refractivity contribution in [2.75, 3.05) is 44.2 Å². The van der Waals surface area contributed by atoms with Gasteiger partial charge in [0, 0.05) is 87.6 Å². The largest absolute Gasteiger partial charge is 0.398 e. The predicted molar refractivity (Wildman–Crippen MR) is 484 cm³/mol. The second-order valence-corrected chi connectivity index (χ2v) is 32.6. The fourth-order valence-electron chi connectivity index (χ4n) is 15.8. The first-order valence-corrected chi connectivity index (χ1v) is 41.5. The lowest BCUT2D eigenvalue weighted by molar-refractivity contribution is 0.0980. The van der Waals surface area contributed by atoms with E-state index in [-0.39, 0.29) is 68.8 Å². The Hall–Kier alpha value is -12.6. The number of nitrogens with two attached hydrogens (primary N) is 4. The molecule has 0 saturated heterocycles. The minimum absolute atomic E-state index is 0.167. The molecule has 0 atom stereocenters. The van der Waals surface area contributed by atoms with Crippen LogP contribution in [-0.4, -0.2) is 46.3 Å². The number of ketones is 8. The van der Waals surface area contributed by atoms with E-state index >= 15 is 0 Å². The number of unbranched alkanes of at least 4 members (excludes halogenated alkanes) is 9. The molecule has 18 heteroatoms. The fraction of sp³-hybridized carbons (Fsp3) is 0.200. The molecule has 0 aliphatic heterocycles. The molecule has 0 spiro atoms. The zero-order chi connectivity index (χ0) is 84.1. The van der Waals surface area contributed by atoms with Crippen LogP contribution in [0.4, 0.5) is 68.2 Å². The standard InChI is InChI=1S/C34H42N2O2.C23H20N2O2.C22H17BrN2O2.C21H15BrN2O2/c1-4-5-6-7-8-9-10-11-12-13-16-25-19-20-28(23(2)21-25)36-29-22-24(3)32(35)31-30(29)33(37)26-17-14-15-18-27(26)34(31)38;1-12-8-9-17(13(2)10-12)25-18-11-14(3)21(24)20-19(18)22(26)15-6-4-5-7-16(15)23(20)27;1-11-7-8-16(12(2)9-11)25-17-10-15(23)20(24)19-18(17)21(26)13-5-3-4-6-14(13)22(19)27;1-11-6-8-12(9-7-11)24-16-10-15(22)19(23)18-17(16)20(25)13-4-2-3-5-14(13)21(18)26/h14-15,17-22,36H,4-13,16,35H2,1-3H3;4-11,25H,24H2,1-3H3;3-10,25H,24H2,1-2H3;2-10,24H,23H2,1H3. The van der Waals surface area contributed by atoms with Gasteiger partial charge in [0.05, 0.1) is 78.6 Å². The van der Waals surface area contributed by atoms with Gasteiger partial charge in [-0.3, -0.25) is 38.4 Å². The van der Waals surface area contributed by atoms with E-state index in [1.807, 2.05) is 109 Å². The van der Waals surface area contributed by atoms with Gasteiger partial charge in [-0.25, -0.2) is 0 Å². The number of halogens is 2. The maximum absolute atomic E-state index is 13.5. The Morgan fingerprint density at radius 2 is 0.525 bits per heavy atom. The van der Waals surface area contributed by atoms with Crippen molar-refractivity contribution < 1.29 is 38.4 Å². The van der Waals surface area contributed by atoms with E-state index in [0.29, 0.717) is 121 Å². The number of nitrogens with one attached hydrogen (secondary N) is 4. The summed E-state index contributed by atoms with van der Waals surface area (Å²) in [4.78, 5) is 105. The van der Waals surface area contributed by atoms with E-state index in [4.69, 9.17) is 22.9 Å². The van der Waals surface area contributed by atoms with E-state index in [0.717, 1.165) is 73.7 Å². The lowest BCUT2D eigenvalue weighted by Crippen LogP contribution is -2.24. The van der Waals surface area contributed by atoms with E-state index in [2.05, 4.69) is 97.3 Å². The molecule has 0 saturated carbocycles. The number of benzene rings is 12. The first-order valence-electron chi connectivity index (χ1n) is 39.9. The summed E-state index contributed by atoms with van der Waals surface area (Å²) in [6.07, 6.45) is 14.5. The first kappa shape index (κ1) is 83.3. The summed E-state index contributed by atoms with van der Waals surface area (Å²) in [6.45, 7) is 18.1.